The lowest BCUT2D eigenvalue weighted by atomic mass is 9.43. The van der Waals surface area contributed by atoms with Crippen molar-refractivity contribution in [1.29, 1.82) is 0 Å². The lowest BCUT2D eigenvalue weighted by Crippen LogP contribution is -2.73. The molecule has 4 fully saturated rings. The molecule has 3 heteroatoms. The summed E-state index contributed by atoms with van der Waals surface area (Å²) < 4.78 is 0. The van der Waals surface area contributed by atoms with Crippen molar-refractivity contribution in [1.82, 2.24) is 0 Å². The van der Waals surface area contributed by atoms with Gasteiger partial charge in [-0.2, -0.15) is 0 Å². The second-order valence-electron chi connectivity index (χ2n) is 12.7. The van der Waals surface area contributed by atoms with E-state index < -0.39 is 5.60 Å². The quantitative estimate of drug-likeness (QED) is 0.412. The molecule has 0 aromatic heterocycles. The predicted molar refractivity (Wildman–Crippen MR) is 124 cm³/mol. The third kappa shape index (κ3) is 2.88. The van der Waals surface area contributed by atoms with Crippen LogP contribution in [0, 0.1) is 46.3 Å². The Labute approximate surface area is 189 Å². The predicted octanol–water partition coefficient (Wildman–Crippen LogP) is 6.47. The molecule has 10 atom stereocenters. The van der Waals surface area contributed by atoms with Crippen LogP contribution in [0.2, 0.25) is 0 Å². The molecule has 2 aliphatic heterocycles. The number of rotatable bonds is 4. The summed E-state index contributed by atoms with van der Waals surface area (Å²) in [5.74, 6) is 3.64. The molecule has 2 spiro atoms. The molecule has 6 aliphatic rings. The number of aliphatic hydroxyl groups is 1. The molecule has 1 saturated heterocycles. The van der Waals surface area contributed by atoms with E-state index in [0.29, 0.717) is 41.9 Å². The highest BCUT2D eigenvalue weighted by Crippen LogP contribution is 2.72. The second kappa shape index (κ2) is 7.18. The molecule has 174 valence electrons. The van der Waals surface area contributed by atoms with Crippen molar-refractivity contribution in [3.05, 3.63) is 24.3 Å². The van der Waals surface area contributed by atoms with Gasteiger partial charge in [0.25, 0.3) is 0 Å². The van der Waals surface area contributed by atoms with E-state index in [4.69, 9.17) is 9.78 Å². The van der Waals surface area contributed by atoms with Gasteiger partial charge in [0.15, 0.2) is 0 Å². The smallest absolute Gasteiger partial charge is 0.130 e. The van der Waals surface area contributed by atoms with Crippen LogP contribution in [0.5, 0.6) is 0 Å². The Kier molecular flexibility index (Phi) is 5.13. The van der Waals surface area contributed by atoms with Crippen LogP contribution >= 0.6 is 0 Å². The van der Waals surface area contributed by atoms with Gasteiger partial charge in [0.1, 0.15) is 11.2 Å². The van der Waals surface area contributed by atoms with Gasteiger partial charge in [0.2, 0.25) is 0 Å². The third-order valence-corrected chi connectivity index (χ3v) is 11.1. The molecule has 0 aromatic rings. The minimum absolute atomic E-state index is 0.0663. The van der Waals surface area contributed by atoms with E-state index in [0.717, 1.165) is 12.8 Å². The minimum Gasteiger partial charge on any atom is -0.393 e. The molecule has 31 heavy (non-hydrogen) atoms. The number of hydrogen-bond donors (Lipinski definition) is 1. The second-order valence-corrected chi connectivity index (χ2v) is 12.7. The number of allylic oxidation sites excluding steroid dienone is 2. The largest absolute Gasteiger partial charge is 0.393 e. The van der Waals surface area contributed by atoms with Crippen LogP contribution in [-0.4, -0.2) is 22.4 Å². The van der Waals surface area contributed by atoms with E-state index in [2.05, 4.69) is 65.8 Å². The zero-order valence-electron chi connectivity index (χ0n) is 20.6. The Morgan fingerprint density at radius 3 is 2.35 bits per heavy atom. The van der Waals surface area contributed by atoms with Gasteiger partial charge in [-0.25, -0.2) is 9.78 Å². The van der Waals surface area contributed by atoms with E-state index in [-0.39, 0.29) is 22.5 Å². The fourth-order valence-corrected chi connectivity index (χ4v) is 8.71. The van der Waals surface area contributed by atoms with Crippen LogP contribution in [0.4, 0.5) is 0 Å². The minimum atomic E-state index is -0.439. The summed E-state index contributed by atoms with van der Waals surface area (Å²) in [7, 11) is 0. The normalized spacial score (nSPS) is 52.8. The third-order valence-electron chi connectivity index (χ3n) is 11.1. The molecule has 2 bridgehead atoms. The van der Waals surface area contributed by atoms with Crippen LogP contribution in [-0.2, 0) is 9.78 Å². The average Bonchev–Trinajstić information content (AvgIpc) is 3.09. The van der Waals surface area contributed by atoms with Gasteiger partial charge in [0, 0.05) is 23.7 Å². The maximum absolute atomic E-state index is 10.4. The Bertz CT molecular complexity index is 772. The lowest BCUT2D eigenvalue weighted by Gasteiger charge is -2.69. The summed E-state index contributed by atoms with van der Waals surface area (Å²) >= 11 is 0. The van der Waals surface area contributed by atoms with Gasteiger partial charge in [0.05, 0.1) is 6.10 Å². The zero-order chi connectivity index (χ0) is 22.2. The maximum atomic E-state index is 10.4. The summed E-state index contributed by atoms with van der Waals surface area (Å²) in [6, 6.07) is 0. The van der Waals surface area contributed by atoms with Crippen molar-refractivity contribution >= 4 is 0 Å². The molecule has 6 rings (SSSR count). The van der Waals surface area contributed by atoms with Gasteiger partial charge in [-0.1, -0.05) is 59.8 Å². The van der Waals surface area contributed by atoms with Gasteiger partial charge in [-0.15, -0.1) is 0 Å². The SMILES string of the molecule is CC(C)[C@@H](C)C=C[C@H](C)[C@H]1CC[C@@H]2[C@]1(C)CC[C@H]1[C@]23C=C[C@]2(C[C@@H](O)CC[C@]12C)OO3. The van der Waals surface area contributed by atoms with E-state index in [1.165, 1.54) is 25.7 Å². The number of aliphatic hydroxyl groups excluding tert-OH is 1. The first-order valence-electron chi connectivity index (χ1n) is 13.0. The molecule has 3 saturated carbocycles. The fourth-order valence-electron chi connectivity index (χ4n) is 8.71. The van der Waals surface area contributed by atoms with E-state index in [9.17, 15) is 5.11 Å². The molecule has 3 nitrogen and oxygen atoms in total. The topological polar surface area (TPSA) is 38.7 Å². The average molecular weight is 429 g/mol. The first-order chi connectivity index (χ1) is 14.6. The number of hydrogen-bond acceptors (Lipinski definition) is 3. The standard InChI is InChI=1S/C28H44O3/c1-18(2)19(3)7-8-20(4)22-9-10-23-25(22,5)13-12-24-26(6)14-11-21(29)17-27(26)15-16-28(23,24)31-30-27/h7-8,15-16,18-24,29H,9-14,17H2,1-6H3/t19-,20-,21-,22+,23+,24+,25+,26+,27+,28-/m0/s1. The maximum Gasteiger partial charge on any atom is 0.130 e. The Hall–Kier alpha value is -0.640. The fraction of sp³-hybridized carbons (Fsp3) is 0.857. The van der Waals surface area contributed by atoms with Crippen molar-refractivity contribution in [3.63, 3.8) is 0 Å². The van der Waals surface area contributed by atoms with Gasteiger partial charge in [-0.05, 0) is 73.7 Å². The van der Waals surface area contributed by atoms with E-state index in [1.807, 2.05) is 0 Å². The van der Waals surface area contributed by atoms with Crippen LogP contribution < -0.4 is 0 Å². The van der Waals surface area contributed by atoms with Gasteiger partial charge >= 0.3 is 0 Å². The van der Waals surface area contributed by atoms with Crippen LogP contribution in [0.25, 0.3) is 0 Å². The van der Waals surface area contributed by atoms with Crippen molar-refractivity contribution < 1.29 is 14.9 Å². The van der Waals surface area contributed by atoms with Gasteiger partial charge < -0.3 is 5.11 Å². The van der Waals surface area contributed by atoms with E-state index in [1.54, 1.807) is 0 Å². The van der Waals surface area contributed by atoms with Crippen molar-refractivity contribution in [2.24, 2.45) is 46.3 Å². The molecule has 0 amide bonds. The highest BCUT2D eigenvalue weighted by Gasteiger charge is 2.74. The van der Waals surface area contributed by atoms with Crippen molar-refractivity contribution in [2.45, 2.75) is 104 Å². The van der Waals surface area contributed by atoms with Crippen LogP contribution in [0.15, 0.2) is 24.3 Å². The first-order valence-corrected chi connectivity index (χ1v) is 13.0. The molecular weight excluding hydrogens is 384 g/mol. The first kappa shape index (κ1) is 22.2. The Morgan fingerprint density at radius 1 is 0.903 bits per heavy atom. The highest BCUT2D eigenvalue weighted by molar-refractivity contribution is 5.33. The van der Waals surface area contributed by atoms with E-state index >= 15 is 0 Å². The zero-order valence-corrected chi connectivity index (χ0v) is 20.6. The molecule has 0 unspecified atom stereocenters. The monoisotopic (exact) mass is 428 g/mol. The number of fused-ring (bicyclic) bond motifs is 2. The van der Waals surface area contributed by atoms with Gasteiger partial charge in [-0.3, -0.25) is 0 Å². The molecule has 0 radical (unpaired) electrons. The van der Waals surface area contributed by atoms with Crippen molar-refractivity contribution in [3.8, 4) is 0 Å². The van der Waals surface area contributed by atoms with Crippen molar-refractivity contribution in [2.75, 3.05) is 0 Å². The molecular formula is C28H44O3. The molecule has 1 N–H and O–H groups in total. The summed E-state index contributed by atoms with van der Waals surface area (Å²) in [6.07, 6.45) is 17.0. The Morgan fingerprint density at radius 2 is 1.68 bits per heavy atom. The Balaban J connectivity index is 1.45. The lowest BCUT2D eigenvalue weighted by molar-refractivity contribution is -0.497. The molecule has 4 aliphatic carbocycles. The summed E-state index contributed by atoms with van der Waals surface area (Å²) in [6.45, 7) is 14.4. The highest BCUT2D eigenvalue weighted by atomic mass is 17.2. The summed E-state index contributed by atoms with van der Waals surface area (Å²) in [4.78, 5) is 12.8. The molecule has 0 aromatic carbocycles. The summed E-state index contributed by atoms with van der Waals surface area (Å²) in [5.41, 5.74) is -0.366. The van der Waals surface area contributed by atoms with Crippen LogP contribution in [0.3, 0.4) is 0 Å². The van der Waals surface area contributed by atoms with Crippen LogP contribution in [0.1, 0.15) is 86.5 Å². The molecule has 2 heterocycles. The summed E-state index contributed by atoms with van der Waals surface area (Å²) in [5, 5.41) is 10.4.